The van der Waals surface area contributed by atoms with Crippen molar-refractivity contribution in [2.75, 3.05) is 17.7 Å². The van der Waals surface area contributed by atoms with Gasteiger partial charge in [0.05, 0.1) is 7.11 Å². The lowest BCUT2D eigenvalue weighted by atomic mass is 9.93. The summed E-state index contributed by atoms with van der Waals surface area (Å²) in [6.07, 6.45) is 1.39. The average Bonchev–Trinajstić information content (AvgIpc) is 3.19. The van der Waals surface area contributed by atoms with Crippen molar-refractivity contribution in [3.8, 4) is 11.6 Å². The molecule has 3 rings (SSSR count). The number of nitrogens with zero attached hydrogens (tertiary/aromatic N) is 3. The molecule has 0 aliphatic rings. The molecule has 0 radical (unpaired) electrons. The maximum Gasteiger partial charge on any atom is 0.324 e. The highest BCUT2D eigenvalue weighted by molar-refractivity contribution is 5.99. The molecule has 0 saturated carbocycles. The van der Waals surface area contributed by atoms with Crippen LogP contribution < -0.4 is 20.9 Å². The molecule has 0 aliphatic carbocycles. The molecule has 1 aromatic carbocycles. The monoisotopic (exact) mass is 426 g/mol. The Morgan fingerprint density at radius 1 is 1.06 bits per heavy atom. The van der Waals surface area contributed by atoms with Gasteiger partial charge >= 0.3 is 11.9 Å². The van der Waals surface area contributed by atoms with E-state index in [0.717, 1.165) is 0 Å². The van der Waals surface area contributed by atoms with Gasteiger partial charge in [0.1, 0.15) is 11.5 Å². The van der Waals surface area contributed by atoms with Crippen molar-refractivity contribution in [2.24, 2.45) is 0 Å². The summed E-state index contributed by atoms with van der Waals surface area (Å²) in [4.78, 5) is 36.3. The lowest BCUT2D eigenvalue weighted by Crippen LogP contribution is -2.24. The van der Waals surface area contributed by atoms with Gasteiger partial charge in [-0.15, -0.1) is 0 Å². The molecule has 31 heavy (non-hydrogen) atoms. The van der Waals surface area contributed by atoms with Gasteiger partial charge in [-0.2, -0.15) is 4.98 Å². The van der Waals surface area contributed by atoms with Crippen molar-refractivity contribution in [3.05, 3.63) is 54.2 Å². The highest BCUT2D eigenvalue weighted by Gasteiger charge is 2.20. The fourth-order valence-electron chi connectivity index (χ4n) is 2.34. The molecule has 3 amide bonds. The number of anilines is 2. The van der Waals surface area contributed by atoms with E-state index in [-0.39, 0.29) is 17.1 Å². The molecular weight excluding hydrogens is 404 g/mol. The van der Waals surface area contributed by atoms with Crippen LogP contribution in [-0.2, 0) is 10.3 Å². The van der Waals surface area contributed by atoms with Gasteiger partial charge in [0.25, 0.3) is 0 Å². The first-order chi connectivity index (χ1) is 14.7. The molecule has 2 heterocycles. The third-order valence-corrected chi connectivity index (χ3v) is 3.85. The molecule has 11 nitrogen and oxygen atoms in total. The van der Waals surface area contributed by atoms with Crippen LogP contribution in [0, 0.1) is 0 Å². The van der Waals surface area contributed by atoms with Crippen LogP contribution in [0.15, 0.2) is 47.1 Å². The van der Waals surface area contributed by atoms with Crippen LogP contribution in [0.2, 0.25) is 0 Å². The Kier molecular flexibility index (Phi) is 6.46. The third-order valence-electron chi connectivity index (χ3n) is 3.85. The van der Waals surface area contributed by atoms with Gasteiger partial charge in [-0.3, -0.25) is 14.9 Å². The van der Waals surface area contributed by atoms with E-state index in [1.54, 1.807) is 30.3 Å². The number of ether oxygens (including phenoxy) is 1. The molecule has 0 saturated heterocycles. The number of hydroxylamine groups is 1. The summed E-state index contributed by atoms with van der Waals surface area (Å²) in [5.41, 5.74) is 2.45. The fraction of sp³-hybridized carbons (Fsp3) is 0.250. The zero-order valence-electron chi connectivity index (χ0n) is 17.4. The molecule has 0 atom stereocenters. The lowest BCUT2D eigenvalue weighted by Gasteiger charge is -2.12. The van der Waals surface area contributed by atoms with Crippen molar-refractivity contribution in [1.82, 2.24) is 20.6 Å². The largest absolute Gasteiger partial charge is 0.439 e. The summed E-state index contributed by atoms with van der Waals surface area (Å²) in [7, 11) is 1.31. The minimum Gasteiger partial charge on any atom is -0.439 e. The zero-order valence-corrected chi connectivity index (χ0v) is 17.4. The molecule has 3 N–H and O–H groups in total. The lowest BCUT2D eigenvalue weighted by molar-refractivity contribution is 0.0526. The number of carbonyl (C=O) groups excluding carboxylic acids is 2. The number of hydrogen-bond acceptors (Lipinski definition) is 8. The van der Waals surface area contributed by atoms with Crippen molar-refractivity contribution in [2.45, 2.75) is 26.2 Å². The maximum atomic E-state index is 12.2. The Bertz CT molecular complexity index is 1060. The average molecular weight is 426 g/mol. The first kappa shape index (κ1) is 21.7. The number of nitrogens with one attached hydrogen (secondary N) is 3. The predicted octanol–water partition coefficient (Wildman–Crippen LogP) is 3.49. The highest BCUT2D eigenvalue weighted by atomic mass is 16.6. The summed E-state index contributed by atoms with van der Waals surface area (Å²) in [6, 6.07) is 9.30. The van der Waals surface area contributed by atoms with Gasteiger partial charge in [0.15, 0.2) is 5.82 Å². The van der Waals surface area contributed by atoms with Crippen molar-refractivity contribution >= 4 is 23.4 Å². The zero-order chi connectivity index (χ0) is 22.4. The molecule has 0 spiro atoms. The van der Waals surface area contributed by atoms with E-state index in [1.165, 1.54) is 19.4 Å². The van der Waals surface area contributed by atoms with E-state index in [0.29, 0.717) is 23.0 Å². The van der Waals surface area contributed by atoms with Crippen LogP contribution in [0.3, 0.4) is 0 Å². The van der Waals surface area contributed by atoms with Crippen LogP contribution in [0.4, 0.5) is 16.3 Å². The first-order valence-corrected chi connectivity index (χ1v) is 9.24. The van der Waals surface area contributed by atoms with Crippen LogP contribution in [-0.4, -0.2) is 34.2 Å². The Hall–Kier alpha value is -3.99. The number of benzene rings is 1. The van der Waals surface area contributed by atoms with Gasteiger partial charge in [-0.05, 0) is 24.3 Å². The number of aromatic nitrogens is 3. The first-order valence-electron chi connectivity index (χ1n) is 9.24. The van der Waals surface area contributed by atoms with Crippen molar-refractivity contribution < 1.29 is 23.7 Å². The van der Waals surface area contributed by atoms with Crippen LogP contribution in [0.5, 0.6) is 11.6 Å². The Balaban J connectivity index is 1.58. The van der Waals surface area contributed by atoms with Gasteiger partial charge in [0, 0.05) is 29.4 Å². The van der Waals surface area contributed by atoms with E-state index in [4.69, 9.17) is 9.26 Å². The molecular formula is C20H22N6O5. The van der Waals surface area contributed by atoms with Crippen LogP contribution in [0.25, 0.3) is 0 Å². The van der Waals surface area contributed by atoms with E-state index in [1.807, 2.05) is 20.8 Å². The van der Waals surface area contributed by atoms with Crippen molar-refractivity contribution in [3.63, 3.8) is 0 Å². The highest BCUT2D eigenvalue weighted by Crippen LogP contribution is 2.25. The summed E-state index contributed by atoms with van der Waals surface area (Å²) in [6.45, 7) is 5.95. The second-order valence-electron chi connectivity index (χ2n) is 7.39. The minimum atomic E-state index is -0.597. The van der Waals surface area contributed by atoms with Crippen LogP contribution in [0.1, 0.15) is 37.2 Å². The quantitative estimate of drug-likeness (QED) is 0.509. The summed E-state index contributed by atoms with van der Waals surface area (Å²) < 4.78 is 10.9. The number of carbonyl (C=O) groups is 2. The number of amides is 3. The molecule has 3 aromatic rings. The number of urea groups is 1. The second-order valence-corrected chi connectivity index (χ2v) is 7.39. The predicted molar refractivity (Wildman–Crippen MR) is 111 cm³/mol. The molecule has 0 aliphatic heterocycles. The fourth-order valence-corrected chi connectivity index (χ4v) is 2.34. The number of hydrogen-bond donors (Lipinski definition) is 3. The Morgan fingerprint density at radius 3 is 2.45 bits per heavy atom. The van der Waals surface area contributed by atoms with Gasteiger partial charge < -0.3 is 14.6 Å². The smallest absolute Gasteiger partial charge is 0.324 e. The van der Waals surface area contributed by atoms with Crippen molar-refractivity contribution in [1.29, 1.82) is 0 Å². The summed E-state index contributed by atoms with van der Waals surface area (Å²) >= 11 is 0. The second kappa shape index (κ2) is 9.22. The maximum absolute atomic E-state index is 12.2. The standard InChI is InChI=1S/C20H22N6O5/c1-20(2,3)14-11-15(25-31-14)23-19(28)22-12-5-7-13(8-6-12)30-16-9-10-21-17(24-16)18(27)26-29-4/h5-11H,1-4H3,(H,26,27)(H2,22,23,25,28). The van der Waals surface area contributed by atoms with E-state index in [9.17, 15) is 9.59 Å². The summed E-state index contributed by atoms with van der Waals surface area (Å²) in [5, 5.41) is 9.14. The van der Waals surface area contributed by atoms with Gasteiger partial charge in [0.2, 0.25) is 11.7 Å². The topological polar surface area (TPSA) is 140 Å². The summed E-state index contributed by atoms with van der Waals surface area (Å²) in [5.74, 6) is 0.915. The Labute approximate surface area is 178 Å². The molecule has 0 fully saturated rings. The molecule has 0 unspecified atom stereocenters. The van der Waals surface area contributed by atoms with E-state index in [2.05, 4.69) is 36.1 Å². The van der Waals surface area contributed by atoms with E-state index < -0.39 is 11.9 Å². The SMILES string of the molecule is CONC(=O)c1nccc(Oc2ccc(NC(=O)Nc3cc(C(C)(C)C)on3)cc2)n1. The Morgan fingerprint density at radius 2 is 1.81 bits per heavy atom. The molecule has 162 valence electrons. The number of rotatable bonds is 6. The third kappa shape index (κ3) is 6.00. The molecule has 11 heteroatoms. The normalized spacial score (nSPS) is 11.0. The van der Waals surface area contributed by atoms with E-state index >= 15 is 0 Å². The van der Waals surface area contributed by atoms with Gasteiger partial charge in [-0.25, -0.2) is 15.3 Å². The molecule has 0 bridgehead atoms. The van der Waals surface area contributed by atoms with Gasteiger partial charge in [-0.1, -0.05) is 25.9 Å². The molecule has 2 aromatic heterocycles. The van der Waals surface area contributed by atoms with Crippen LogP contribution >= 0.6 is 0 Å². The minimum absolute atomic E-state index is 0.100.